The maximum atomic E-state index is 13.8. The van der Waals surface area contributed by atoms with Crippen LogP contribution < -0.4 is 0 Å². The van der Waals surface area contributed by atoms with Gasteiger partial charge in [-0.15, -0.1) is 0 Å². The Morgan fingerprint density at radius 2 is 1.91 bits per heavy atom. The quantitative estimate of drug-likeness (QED) is 0.631. The smallest absolute Gasteiger partial charge is 0.303 e. The molecule has 0 saturated carbocycles. The number of carbonyl (C=O) groups excluding carboxylic acids is 2. The van der Waals surface area contributed by atoms with Gasteiger partial charge in [-0.2, -0.15) is 0 Å². The highest BCUT2D eigenvalue weighted by Gasteiger charge is 2.32. The summed E-state index contributed by atoms with van der Waals surface area (Å²) in [5.41, 5.74) is 0.368. The lowest BCUT2D eigenvalue weighted by molar-refractivity contribution is -0.163. The molecule has 118 valence electrons. The first kappa shape index (κ1) is 16.2. The van der Waals surface area contributed by atoms with Crippen LogP contribution in [0.25, 0.3) is 0 Å². The predicted molar refractivity (Wildman–Crippen MR) is 75.3 cm³/mol. The number of esters is 2. The highest BCUT2D eigenvalue weighted by molar-refractivity contribution is 5.66. The molecule has 0 spiro atoms. The Hall–Kier alpha value is -2.21. The fourth-order valence-electron chi connectivity index (χ4n) is 2.17. The molecule has 6 heteroatoms. The van der Waals surface area contributed by atoms with Crippen molar-refractivity contribution in [3.8, 4) is 0 Å². The molecule has 0 aliphatic carbocycles. The fourth-order valence-corrected chi connectivity index (χ4v) is 2.17. The first-order valence-electron chi connectivity index (χ1n) is 6.86. The Morgan fingerprint density at radius 3 is 2.55 bits per heavy atom. The molecule has 0 aromatic heterocycles. The number of halogens is 1. The predicted octanol–water partition coefficient (Wildman–Crippen LogP) is 2.32. The lowest BCUT2D eigenvalue weighted by Gasteiger charge is -2.31. The van der Waals surface area contributed by atoms with E-state index in [2.05, 4.69) is 0 Å². The Labute approximate surface area is 127 Å². The summed E-state index contributed by atoms with van der Waals surface area (Å²) in [5, 5.41) is 0. The Morgan fingerprint density at radius 1 is 1.18 bits per heavy atom. The number of carbonyl (C=O) groups is 2. The molecule has 1 heterocycles. The van der Waals surface area contributed by atoms with Gasteiger partial charge in [-0.3, -0.25) is 9.59 Å². The maximum absolute atomic E-state index is 13.8. The molecule has 1 aliphatic rings. The van der Waals surface area contributed by atoms with E-state index in [1.807, 2.05) is 0 Å². The van der Waals surface area contributed by atoms with Crippen molar-refractivity contribution in [3.05, 3.63) is 47.8 Å². The third kappa shape index (κ3) is 4.14. The summed E-state index contributed by atoms with van der Waals surface area (Å²) in [5.74, 6) is -1.34. The molecule has 0 N–H and O–H groups in total. The minimum Gasteiger partial charge on any atom is -0.463 e. The molecular formula is C16H17FO5. The van der Waals surface area contributed by atoms with Crippen LogP contribution in [0.1, 0.15) is 25.5 Å². The normalized spacial score (nSPS) is 23.9. The minimum atomic E-state index is -0.692. The van der Waals surface area contributed by atoms with Gasteiger partial charge in [-0.1, -0.05) is 24.3 Å². The molecule has 3 atom stereocenters. The van der Waals surface area contributed by atoms with E-state index < -0.39 is 36.1 Å². The molecule has 0 saturated heterocycles. The topological polar surface area (TPSA) is 61.8 Å². The van der Waals surface area contributed by atoms with Crippen molar-refractivity contribution in [1.82, 2.24) is 0 Å². The third-order valence-corrected chi connectivity index (χ3v) is 3.13. The van der Waals surface area contributed by atoms with Gasteiger partial charge in [0.05, 0.1) is 0 Å². The van der Waals surface area contributed by atoms with Gasteiger partial charge in [0.25, 0.3) is 0 Å². The van der Waals surface area contributed by atoms with Crippen molar-refractivity contribution in [1.29, 1.82) is 0 Å². The number of ether oxygens (including phenoxy) is 3. The van der Waals surface area contributed by atoms with Crippen molar-refractivity contribution < 1.29 is 28.2 Å². The highest BCUT2D eigenvalue weighted by atomic mass is 19.1. The number of benzene rings is 1. The molecule has 0 amide bonds. The van der Waals surface area contributed by atoms with Gasteiger partial charge in [0.2, 0.25) is 0 Å². The minimum absolute atomic E-state index is 0.0808. The van der Waals surface area contributed by atoms with E-state index in [0.717, 1.165) is 0 Å². The Kier molecular flexibility index (Phi) is 5.27. The average Bonchev–Trinajstić information content (AvgIpc) is 2.46. The largest absolute Gasteiger partial charge is 0.463 e. The zero-order chi connectivity index (χ0) is 16.1. The number of hydrogen-bond donors (Lipinski definition) is 0. The van der Waals surface area contributed by atoms with Gasteiger partial charge in [0, 0.05) is 19.4 Å². The Balaban J connectivity index is 2.18. The number of rotatable bonds is 4. The molecule has 0 unspecified atom stereocenters. The monoisotopic (exact) mass is 308 g/mol. The third-order valence-electron chi connectivity index (χ3n) is 3.13. The summed E-state index contributed by atoms with van der Waals surface area (Å²) in [6, 6.07) is 6.24. The van der Waals surface area contributed by atoms with E-state index in [9.17, 15) is 14.0 Å². The average molecular weight is 308 g/mol. The van der Waals surface area contributed by atoms with Crippen molar-refractivity contribution in [3.63, 3.8) is 0 Å². The Bertz CT molecular complexity index is 584. The molecule has 1 aromatic carbocycles. The van der Waals surface area contributed by atoms with Crippen LogP contribution in [-0.2, 0) is 23.8 Å². The van der Waals surface area contributed by atoms with Gasteiger partial charge in [-0.05, 0) is 12.1 Å². The van der Waals surface area contributed by atoms with Crippen LogP contribution in [0, 0.1) is 5.82 Å². The molecule has 5 nitrogen and oxygen atoms in total. The van der Waals surface area contributed by atoms with Crippen molar-refractivity contribution >= 4 is 11.9 Å². The van der Waals surface area contributed by atoms with Crippen LogP contribution >= 0.6 is 0 Å². The van der Waals surface area contributed by atoms with E-state index >= 15 is 0 Å². The van der Waals surface area contributed by atoms with Gasteiger partial charge in [-0.25, -0.2) is 4.39 Å². The molecule has 0 radical (unpaired) electrons. The summed E-state index contributed by atoms with van der Waals surface area (Å²) in [6.07, 6.45) is 1.24. The maximum Gasteiger partial charge on any atom is 0.303 e. The van der Waals surface area contributed by atoms with E-state index in [1.165, 1.54) is 19.9 Å². The molecule has 22 heavy (non-hydrogen) atoms. The van der Waals surface area contributed by atoms with Crippen LogP contribution in [0.4, 0.5) is 4.39 Å². The first-order chi connectivity index (χ1) is 10.5. The molecular weight excluding hydrogens is 291 g/mol. The lowest BCUT2D eigenvalue weighted by Crippen LogP contribution is -2.39. The SMILES string of the molecule is CC(=O)OC[C@H]1O[C@H](c2ccccc2F)C=C[C@H]1OC(C)=O. The van der Waals surface area contributed by atoms with E-state index in [1.54, 1.807) is 30.4 Å². The van der Waals surface area contributed by atoms with E-state index in [4.69, 9.17) is 14.2 Å². The zero-order valence-corrected chi connectivity index (χ0v) is 12.3. The molecule has 2 rings (SSSR count). The summed E-state index contributed by atoms with van der Waals surface area (Å²) in [7, 11) is 0. The van der Waals surface area contributed by atoms with Gasteiger partial charge in [0.15, 0.2) is 0 Å². The second-order valence-corrected chi connectivity index (χ2v) is 4.88. The lowest BCUT2D eigenvalue weighted by atomic mass is 10.0. The molecule has 1 aromatic rings. The van der Waals surface area contributed by atoms with Crippen molar-refractivity contribution in [2.45, 2.75) is 32.2 Å². The first-order valence-corrected chi connectivity index (χ1v) is 6.86. The van der Waals surface area contributed by atoms with Gasteiger partial charge >= 0.3 is 11.9 Å². The standard InChI is InChI=1S/C16H17FO5/c1-10(18)20-9-16-15(21-11(2)19)8-7-14(22-16)12-5-3-4-6-13(12)17/h3-8,14-16H,9H2,1-2H3/t14-,15+,16+/m0/s1. The van der Waals surface area contributed by atoms with Gasteiger partial charge < -0.3 is 14.2 Å². The van der Waals surface area contributed by atoms with Crippen LogP contribution in [0.3, 0.4) is 0 Å². The van der Waals surface area contributed by atoms with Gasteiger partial charge in [0.1, 0.15) is 30.7 Å². The van der Waals surface area contributed by atoms with E-state index in [-0.39, 0.29) is 6.61 Å². The zero-order valence-electron chi connectivity index (χ0n) is 12.3. The fraction of sp³-hybridized carbons (Fsp3) is 0.375. The second-order valence-electron chi connectivity index (χ2n) is 4.88. The van der Waals surface area contributed by atoms with Crippen molar-refractivity contribution in [2.24, 2.45) is 0 Å². The second kappa shape index (κ2) is 7.17. The van der Waals surface area contributed by atoms with Crippen LogP contribution in [-0.4, -0.2) is 30.8 Å². The number of hydrogen-bond acceptors (Lipinski definition) is 5. The van der Waals surface area contributed by atoms with Crippen molar-refractivity contribution in [2.75, 3.05) is 6.61 Å². The molecule has 0 bridgehead atoms. The van der Waals surface area contributed by atoms with Crippen LogP contribution in [0.5, 0.6) is 0 Å². The summed E-state index contributed by atoms with van der Waals surface area (Å²) in [4.78, 5) is 22.1. The van der Waals surface area contributed by atoms with E-state index in [0.29, 0.717) is 5.56 Å². The summed E-state index contributed by atoms with van der Waals surface area (Å²) >= 11 is 0. The summed E-state index contributed by atoms with van der Waals surface area (Å²) in [6.45, 7) is 2.47. The highest BCUT2D eigenvalue weighted by Crippen LogP contribution is 2.29. The summed E-state index contributed by atoms with van der Waals surface area (Å²) < 4.78 is 29.6. The van der Waals surface area contributed by atoms with Crippen LogP contribution in [0.15, 0.2) is 36.4 Å². The van der Waals surface area contributed by atoms with Crippen LogP contribution in [0.2, 0.25) is 0 Å². The molecule has 0 fully saturated rings. The molecule has 1 aliphatic heterocycles.